The second-order valence-electron chi connectivity index (χ2n) is 6.42. The Morgan fingerprint density at radius 3 is 2.62 bits per heavy atom. The van der Waals surface area contributed by atoms with E-state index in [1.54, 1.807) is 7.11 Å². The van der Waals surface area contributed by atoms with Gasteiger partial charge >= 0.3 is 5.97 Å². The number of benzene rings is 2. The number of hydrogen-bond donors (Lipinski definition) is 1. The van der Waals surface area contributed by atoms with Gasteiger partial charge in [0.15, 0.2) is 0 Å². The first-order chi connectivity index (χ1) is 12.6. The highest BCUT2D eigenvalue weighted by Gasteiger charge is 2.36. The number of aliphatic carboxylic acids is 1. The van der Waals surface area contributed by atoms with Crippen LogP contribution in [0.4, 0.5) is 0 Å². The molecule has 2 aromatic rings. The molecule has 2 aromatic carbocycles. The van der Waals surface area contributed by atoms with Gasteiger partial charge in [0.25, 0.3) is 0 Å². The maximum Gasteiger partial charge on any atom is 0.320 e. The van der Waals surface area contributed by atoms with Crippen molar-refractivity contribution >= 4 is 5.97 Å². The number of nitrogens with zero attached hydrogens (tertiary/aromatic N) is 1. The molecule has 0 aliphatic carbocycles. The van der Waals surface area contributed by atoms with Crippen molar-refractivity contribution in [1.82, 2.24) is 4.90 Å². The van der Waals surface area contributed by atoms with Crippen LogP contribution in [0.3, 0.4) is 0 Å². The predicted molar refractivity (Wildman–Crippen MR) is 99.8 cm³/mol. The average molecular weight is 355 g/mol. The highest BCUT2D eigenvalue weighted by molar-refractivity contribution is 5.74. The molecule has 1 N–H and O–H groups in total. The third-order valence-corrected chi connectivity index (χ3v) is 4.83. The van der Waals surface area contributed by atoms with E-state index in [1.165, 1.54) is 0 Å². The molecule has 1 fully saturated rings. The highest BCUT2D eigenvalue weighted by Crippen LogP contribution is 2.36. The summed E-state index contributed by atoms with van der Waals surface area (Å²) in [6.07, 6.45) is 1.56. The Balaban J connectivity index is 2.02. The fourth-order valence-corrected chi connectivity index (χ4v) is 3.66. The minimum absolute atomic E-state index is 0.135. The number of hydrogen-bond acceptors (Lipinski definition) is 4. The van der Waals surface area contributed by atoms with Crippen LogP contribution in [0.25, 0.3) is 0 Å². The lowest BCUT2D eigenvalue weighted by Gasteiger charge is -2.32. The molecule has 0 saturated carbocycles. The molecule has 3 rings (SSSR count). The molecule has 1 aliphatic rings. The molecule has 2 unspecified atom stereocenters. The lowest BCUT2D eigenvalue weighted by molar-refractivity contribution is -0.142. The monoisotopic (exact) mass is 355 g/mol. The van der Waals surface area contributed by atoms with E-state index in [1.807, 2.05) is 55.5 Å². The van der Waals surface area contributed by atoms with Crippen molar-refractivity contribution in [2.45, 2.75) is 31.8 Å². The zero-order valence-corrected chi connectivity index (χ0v) is 15.2. The van der Waals surface area contributed by atoms with Gasteiger partial charge in [-0.05, 0) is 55.2 Å². The van der Waals surface area contributed by atoms with Crippen molar-refractivity contribution < 1.29 is 19.4 Å². The van der Waals surface area contributed by atoms with Gasteiger partial charge in [-0.1, -0.05) is 24.3 Å². The number of methoxy groups -OCH3 is 1. The molecule has 0 bridgehead atoms. The van der Waals surface area contributed by atoms with Crippen molar-refractivity contribution in [2.24, 2.45) is 0 Å². The van der Waals surface area contributed by atoms with Crippen LogP contribution in [0.5, 0.6) is 11.5 Å². The third kappa shape index (κ3) is 3.83. The summed E-state index contributed by atoms with van der Waals surface area (Å²) >= 11 is 0. The van der Waals surface area contributed by atoms with Gasteiger partial charge in [0, 0.05) is 6.54 Å². The van der Waals surface area contributed by atoms with Gasteiger partial charge in [0.1, 0.15) is 17.5 Å². The van der Waals surface area contributed by atoms with E-state index >= 15 is 0 Å². The van der Waals surface area contributed by atoms with Gasteiger partial charge in [-0.3, -0.25) is 9.69 Å². The standard InChI is InChI=1S/C21H25NO4/c1-3-26-17-11-9-15(10-12-17)20(16-6-4-7-18(14-16)25-2)22-13-5-8-19(22)21(23)24/h4,6-7,9-12,14,19-20H,3,5,8,13H2,1-2H3,(H,23,24). The molecule has 5 nitrogen and oxygen atoms in total. The Labute approximate surface area is 154 Å². The van der Waals surface area contributed by atoms with Gasteiger partial charge in [0.2, 0.25) is 0 Å². The Morgan fingerprint density at radius 1 is 1.19 bits per heavy atom. The molecule has 26 heavy (non-hydrogen) atoms. The topological polar surface area (TPSA) is 59.0 Å². The molecule has 0 spiro atoms. The minimum Gasteiger partial charge on any atom is -0.497 e. The number of carboxylic acids is 1. The zero-order chi connectivity index (χ0) is 18.5. The van der Waals surface area contributed by atoms with Gasteiger partial charge in [-0.15, -0.1) is 0 Å². The largest absolute Gasteiger partial charge is 0.497 e. The summed E-state index contributed by atoms with van der Waals surface area (Å²) in [6.45, 7) is 3.33. The fourth-order valence-electron chi connectivity index (χ4n) is 3.66. The smallest absolute Gasteiger partial charge is 0.320 e. The van der Waals surface area contributed by atoms with E-state index in [4.69, 9.17) is 9.47 Å². The maximum absolute atomic E-state index is 11.8. The van der Waals surface area contributed by atoms with E-state index in [9.17, 15) is 9.90 Å². The van der Waals surface area contributed by atoms with E-state index in [2.05, 4.69) is 4.90 Å². The zero-order valence-electron chi connectivity index (χ0n) is 15.2. The average Bonchev–Trinajstić information content (AvgIpc) is 3.13. The van der Waals surface area contributed by atoms with Crippen LogP contribution in [0.15, 0.2) is 48.5 Å². The number of likely N-dealkylation sites (tertiary alicyclic amines) is 1. The number of carboxylic acid groups (broad SMARTS) is 1. The number of ether oxygens (including phenoxy) is 2. The molecule has 0 radical (unpaired) electrons. The first-order valence-corrected chi connectivity index (χ1v) is 8.99. The van der Waals surface area contributed by atoms with E-state index in [-0.39, 0.29) is 6.04 Å². The molecule has 0 aromatic heterocycles. The summed E-state index contributed by atoms with van der Waals surface area (Å²) in [6, 6.07) is 15.2. The van der Waals surface area contributed by atoms with Crippen LogP contribution in [0.1, 0.15) is 36.9 Å². The fraction of sp³-hybridized carbons (Fsp3) is 0.381. The molecule has 1 aliphatic heterocycles. The van der Waals surface area contributed by atoms with Crippen LogP contribution in [-0.2, 0) is 4.79 Å². The number of rotatable bonds is 7. The minimum atomic E-state index is -0.763. The lowest BCUT2D eigenvalue weighted by atomic mass is 9.96. The SMILES string of the molecule is CCOc1ccc(C(c2cccc(OC)c2)N2CCCC2C(=O)O)cc1. The third-order valence-electron chi connectivity index (χ3n) is 4.83. The maximum atomic E-state index is 11.8. The van der Waals surface area contributed by atoms with Gasteiger partial charge in [-0.25, -0.2) is 0 Å². The van der Waals surface area contributed by atoms with E-state index in [0.717, 1.165) is 35.6 Å². The molecule has 2 atom stereocenters. The molecule has 1 saturated heterocycles. The van der Waals surface area contributed by atoms with Crippen molar-refractivity contribution in [1.29, 1.82) is 0 Å². The summed E-state index contributed by atoms with van der Waals surface area (Å²) in [7, 11) is 1.64. The van der Waals surface area contributed by atoms with Gasteiger partial charge in [-0.2, -0.15) is 0 Å². The van der Waals surface area contributed by atoms with Gasteiger partial charge < -0.3 is 14.6 Å². The first-order valence-electron chi connectivity index (χ1n) is 8.99. The second-order valence-corrected chi connectivity index (χ2v) is 6.42. The Hall–Kier alpha value is -2.53. The molecule has 0 amide bonds. The normalized spacial score (nSPS) is 18.5. The van der Waals surface area contributed by atoms with E-state index in [0.29, 0.717) is 13.0 Å². The Bertz CT molecular complexity index is 744. The number of carbonyl (C=O) groups is 1. The van der Waals surface area contributed by atoms with Crippen molar-refractivity contribution in [2.75, 3.05) is 20.3 Å². The van der Waals surface area contributed by atoms with Crippen LogP contribution in [0.2, 0.25) is 0 Å². The highest BCUT2D eigenvalue weighted by atomic mass is 16.5. The predicted octanol–water partition coefficient (Wildman–Crippen LogP) is 3.73. The Morgan fingerprint density at radius 2 is 1.96 bits per heavy atom. The summed E-state index contributed by atoms with van der Waals surface area (Å²) in [5.74, 6) is 0.822. The second kappa shape index (κ2) is 8.23. The first kappa shape index (κ1) is 18.3. The van der Waals surface area contributed by atoms with Crippen LogP contribution in [0, 0.1) is 0 Å². The molecular weight excluding hydrogens is 330 g/mol. The van der Waals surface area contributed by atoms with Crippen molar-refractivity contribution in [3.63, 3.8) is 0 Å². The van der Waals surface area contributed by atoms with Crippen molar-refractivity contribution in [3.05, 3.63) is 59.7 Å². The van der Waals surface area contributed by atoms with Crippen LogP contribution >= 0.6 is 0 Å². The summed E-state index contributed by atoms with van der Waals surface area (Å²) in [5, 5.41) is 9.65. The van der Waals surface area contributed by atoms with Crippen LogP contribution in [-0.4, -0.2) is 42.3 Å². The lowest BCUT2D eigenvalue weighted by Crippen LogP contribution is -2.39. The van der Waals surface area contributed by atoms with Crippen molar-refractivity contribution in [3.8, 4) is 11.5 Å². The quantitative estimate of drug-likeness (QED) is 0.820. The molecule has 5 heteroatoms. The molecule has 1 heterocycles. The summed E-state index contributed by atoms with van der Waals surface area (Å²) in [5.41, 5.74) is 2.08. The molecular formula is C21H25NO4. The Kier molecular flexibility index (Phi) is 5.78. The van der Waals surface area contributed by atoms with E-state index < -0.39 is 12.0 Å². The summed E-state index contributed by atoms with van der Waals surface area (Å²) in [4.78, 5) is 13.8. The van der Waals surface area contributed by atoms with Gasteiger partial charge in [0.05, 0.1) is 19.8 Å². The molecule has 138 valence electrons. The summed E-state index contributed by atoms with van der Waals surface area (Å²) < 4.78 is 10.9. The van der Waals surface area contributed by atoms with Crippen LogP contribution < -0.4 is 9.47 Å².